The molecule has 1 aliphatic rings. The van der Waals surface area contributed by atoms with E-state index in [1.165, 1.54) is 0 Å². The molecule has 0 unspecified atom stereocenters. The van der Waals surface area contributed by atoms with E-state index in [2.05, 4.69) is 22.2 Å². The van der Waals surface area contributed by atoms with Crippen molar-refractivity contribution in [1.29, 1.82) is 0 Å². The van der Waals surface area contributed by atoms with Crippen molar-refractivity contribution in [3.8, 4) is 5.69 Å². The van der Waals surface area contributed by atoms with Crippen molar-refractivity contribution in [2.24, 2.45) is 0 Å². The minimum absolute atomic E-state index is 0.261. The Labute approximate surface area is 140 Å². The maximum Gasteiger partial charge on any atom is 0.231 e. The summed E-state index contributed by atoms with van der Waals surface area (Å²) in [6.07, 6.45) is 1.56. The Morgan fingerprint density at radius 2 is 2.04 bits per heavy atom. The summed E-state index contributed by atoms with van der Waals surface area (Å²) in [6.45, 7) is 5.55. The number of aryl methyl sites for hydroxylation is 1. The standard InChI is InChI=1S/C18H20N4O2/c1-12-16(13(2)22(20-12)15-6-4-3-5-7-15)10-17-19-18(21-24-17)14-8-9-23-11-14/h3-7,14H,8-11H2,1-2H3/t14-/m0/s1. The van der Waals surface area contributed by atoms with Gasteiger partial charge in [0, 0.05) is 23.8 Å². The molecular weight excluding hydrogens is 304 g/mol. The third-order valence-electron chi connectivity index (χ3n) is 4.55. The number of benzene rings is 1. The monoisotopic (exact) mass is 324 g/mol. The summed E-state index contributed by atoms with van der Waals surface area (Å²) in [5, 5.41) is 8.79. The molecule has 1 aliphatic heterocycles. The Bertz CT molecular complexity index is 832. The van der Waals surface area contributed by atoms with Crippen molar-refractivity contribution in [3.05, 3.63) is 59.0 Å². The fourth-order valence-electron chi connectivity index (χ4n) is 3.15. The quantitative estimate of drug-likeness (QED) is 0.738. The predicted octanol–water partition coefficient (Wildman–Crippen LogP) is 2.97. The lowest BCUT2D eigenvalue weighted by atomic mass is 10.1. The van der Waals surface area contributed by atoms with E-state index in [0.29, 0.717) is 18.9 Å². The summed E-state index contributed by atoms with van der Waals surface area (Å²) in [7, 11) is 0. The van der Waals surface area contributed by atoms with E-state index in [4.69, 9.17) is 9.26 Å². The second-order valence-electron chi connectivity index (χ2n) is 6.18. The van der Waals surface area contributed by atoms with E-state index in [1.807, 2.05) is 41.9 Å². The second-order valence-corrected chi connectivity index (χ2v) is 6.18. The molecule has 0 spiro atoms. The largest absolute Gasteiger partial charge is 0.381 e. The van der Waals surface area contributed by atoms with Crippen LogP contribution in [0.3, 0.4) is 0 Å². The first-order valence-corrected chi connectivity index (χ1v) is 8.23. The highest BCUT2D eigenvalue weighted by atomic mass is 16.5. The molecule has 6 heteroatoms. The summed E-state index contributed by atoms with van der Waals surface area (Å²) in [4.78, 5) is 4.56. The van der Waals surface area contributed by atoms with Gasteiger partial charge in [0.1, 0.15) is 0 Å². The van der Waals surface area contributed by atoms with E-state index in [0.717, 1.165) is 41.5 Å². The SMILES string of the molecule is Cc1nn(-c2ccccc2)c(C)c1Cc1nc([C@H]2CCOC2)no1. The van der Waals surface area contributed by atoms with E-state index in [1.54, 1.807) is 0 Å². The molecular formula is C18H20N4O2. The van der Waals surface area contributed by atoms with Crippen LogP contribution in [0.2, 0.25) is 0 Å². The Morgan fingerprint density at radius 1 is 1.21 bits per heavy atom. The van der Waals surface area contributed by atoms with Crippen molar-refractivity contribution < 1.29 is 9.26 Å². The fourth-order valence-corrected chi connectivity index (χ4v) is 3.15. The van der Waals surface area contributed by atoms with Gasteiger partial charge in [-0.3, -0.25) is 0 Å². The molecule has 0 aliphatic carbocycles. The van der Waals surface area contributed by atoms with Crippen LogP contribution in [0.4, 0.5) is 0 Å². The molecule has 0 N–H and O–H groups in total. The van der Waals surface area contributed by atoms with Crippen LogP contribution in [-0.2, 0) is 11.2 Å². The van der Waals surface area contributed by atoms with Gasteiger partial charge in [0.25, 0.3) is 0 Å². The molecule has 3 aromatic rings. The topological polar surface area (TPSA) is 66.0 Å². The van der Waals surface area contributed by atoms with Gasteiger partial charge in [0.15, 0.2) is 5.82 Å². The molecule has 0 saturated carbocycles. The summed E-state index contributed by atoms with van der Waals surface area (Å²) < 4.78 is 12.8. The van der Waals surface area contributed by atoms with Gasteiger partial charge in [-0.25, -0.2) is 4.68 Å². The number of ether oxygens (including phenoxy) is 1. The summed E-state index contributed by atoms with van der Waals surface area (Å²) >= 11 is 0. The molecule has 1 atom stereocenters. The highest BCUT2D eigenvalue weighted by Crippen LogP contribution is 2.24. The molecule has 4 rings (SSSR count). The lowest BCUT2D eigenvalue weighted by Crippen LogP contribution is -2.01. The molecule has 0 amide bonds. The number of hydrogen-bond acceptors (Lipinski definition) is 5. The summed E-state index contributed by atoms with van der Waals surface area (Å²) in [5.41, 5.74) is 4.28. The van der Waals surface area contributed by atoms with Gasteiger partial charge in [0.2, 0.25) is 5.89 Å². The zero-order chi connectivity index (χ0) is 16.5. The van der Waals surface area contributed by atoms with Crippen LogP contribution in [0.1, 0.15) is 41.0 Å². The molecule has 1 aromatic carbocycles. The van der Waals surface area contributed by atoms with Crippen LogP contribution in [0.25, 0.3) is 5.69 Å². The van der Waals surface area contributed by atoms with Crippen LogP contribution in [0.5, 0.6) is 0 Å². The van der Waals surface area contributed by atoms with Crippen molar-refractivity contribution in [1.82, 2.24) is 19.9 Å². The van der Waals surface area contributed by atoms with Crippen LogP contribution >= 0.6 is 0 Å². The number of rotatable bonds is 4. The van der Waals surface area contributed by atoms with Gasteiger partial charge in [-0.2, -0.15) is 10.1 Å². The smallest absolute Gasteiger partial charge is 0.231 e. The fraction of sp³-hybridized carbons (Fsp3) is 0.389. The Hall–Kier alpha value is -2.47. The summed E-state index contributed by atoms with van der Waals surface area (Å²) in [6, 6.07) is 10.1. The van der Waals surface area contributed by atoms with Gasteiger partial charge in [-0.1, -0.05) is 23.4 Å². The number of nitrogens with zero attached hydrogens (tertiary/aromatic N) is 4. The minimum Gasteiger partial charge on any atom is -0.381 e. The number of para-hydroxylation sites is 1. The Kier molecular flexibility index (Phi) is 3.90. The molecule has 1 saturated heterocycles. The van der Waals surface area contributed by atoms with E-state index in [-0.39, 0.29) is 5.92 Å². The lowest BCUT2D eigenvalue weighted by Gasteiger charge is -2.04. The first-order chi connectivity index (χ1) is 11.7. The molecule has 0 radical (unpaired) electrons. The Balaban J connectivity index is 1.60. The third kappa shape index (κ3) is 2.73. The average Bonchev–Trinajstić information content (AvgIpc) is 3.32. The predicted molar refractivity (Wildman–Crippen MR) is 88.3 cm³/mol. The van der Waals surface area contributed by atoms with Crippen LogP contribution in [0, 0.1) is 13.8 Å². The van der Waals surface area contributed by atoms with Crippen LogP contribution < -0.4 is 0 Å². The maximum atomic E-state index is 5.45. The van der Waals surface area contributed by atoms with Gasteiger partial charge >= 0.3 is 0 Å². The van der Waals surface area contributed by atoms with Crippen molar-refractivity contribution in [2.75, 3.05) is 13.2 Å². The second kappa shape index (κ2) is 6.20. The van der Waals surface area contributed by atoms with Gasteiger partial charge in [0.05, 0.1) is 24.4 Å². The van der Waals surface area contributed by atoms with Crippen molar-refractivity contribution in [2.45, 2.75) is 32.6 Å². The van der Waals surface area contributed by atoms with E-state index < -0.39 is 0 Å². The Morgan fingerprint density at radius 3 is 2.79 bits per heavy atom. The van der Waals surface area contributed by atoms with Gasteiger partial charge < -0.3 is 9.26 Å². The zero-order valence-corrected chi connectivity index (χ0v) is 13.9. The summed E-state index contributed by atoms with van der Waals surface area (Å²) in [5.74, 6) is 1.65. The molecule has 1 fully saturated rings. The van der Waals surface area contributed by atoms with E-state index >= 15 is 0 Å². The van der Waals surface area contributed by atoms with E-state index in [9.17, 15) is 0 Å². The molecule has 24 heavy (non-hydrogen) atoms. The first-order valence-electron chi connectivity index (χ1n) is 8.23. The van der Waals surface area contributed by atoms with Gasteiger partial charge in [-0.15, -0.1) is 0 Å². The molecule has 124 valence electrons. The first kappa shape index (κ1) is 15.1. The highest BCUT2D eigenvalue weighted by molar-refractivity contribution is 5.37. The minimum atomic E-state index is 0.261. The lowest BCUT2D eigenvalue weighted by molar-refractivity contribution is 0.192. The highest BCUT2D eigenvalue weighted by Gasteiger charge is 2.24. The zero-order valence-electron chi connectivity index (χ0n) is 13.9. The van der Waals surface area contributed by atoms with Crippen LogP contribution in [0.15, 0.2) is 34.9 Å². The molecule has 3 heterocycles. The molecule has 0 bridgehead atoms. The van der Waals surface area contributed by atoms with Crippen molar-refractivity contribution >= 4 is 0 Å². The third-order valence-corrected chi connectivity index (χ3v) is 4.55. The number of hydrogen-bond donors (Lipinski definition) is 0. The maximum absolute atomic E-state index is 5.45. The van der Waals surface area contributed by atoms with Gasteiger partial charge in [-0.05, 0) is 32.4 Å². The van der Waals surface area contributed by atoms with Crippen LogP contribution in [-0.4, -0.2) is 33.1 Å². The molecule has 6 nitrogen and oxygen atoms in total. The normalized spacial score (nSPS) is 17.5. The van der Waals surface area contributed by atoms with Crippen molar-refractivity contribution in [3.63, 3.8) is 0 Å². The number of aromatic nitrogens is 4. The molecule has 2 aromatic heterocycles. The average molecular weight is 324 g/mol.